The van der Waals surface area contributed by atoms with E-state index in [2.05, 4.69) is 10.1 Å². The van der Waals surface area contributed by atoms with Gasteiger partial charge >= 0.3 is 0 Å². The molecule has 1 heterocycles. The summed E-state index contributed by atoms with van der Waals surface area (Å²) in [5, 5.41) is 12.8. The maximum Gasteiger partial charge on any atom is 0.245 e. The second-order valence-electron chi connectivity index (χ2n) is 4.11. The smallest absolute Gasteiger partial charge is 0.245 e. The Balaban J connectivity index is 2.05. The Labute approximate surface area is 88.7 Å². The first-order valence-corrected chi connectivity index (χ1v) is 5.51. The number of aliphatic hydroxyl groups excluding tert-OH is 1. The Morgan fingerprint density at radius 1 is 1.40 bits per heavy atom. The van der Waals surface area contributed by atoms with Gasteiger partial charge in [0.25, 0.3) is 0 Å². The van der Waals surface area contributed by atoms with Crippen molar-refractivity contribution >= 4 is 0 Å². The van der Waals surface area contributed by atoms with E-state index in [9.17, 15) is 0 Å². The standard InChI is InChI=1S/C10H17N3O2/c11-8(6-14)10-12-9(13-15-10)7-4-2-1-3-5-7/h7-8,14H,1-6,11H2/t8-/m1/s1. The van der Waals surface area contributed by atoms with E-state index in [1.54, 1.807) is 0 Å². The molecule has 0 radical (unpaired) electrons. The summed E-state index contributed by atoms with van der Waals surface area (Å²) in [4.78, 5) is 4.24. The lowest BCUT2D eigenvalue weighted by molar-refractivity contribution is 0.236. The summed E-state index contributed by atoms with van der Waals surface area (Å²) >= 11 is 0. The molecule has 5 heteroatoms. The van der Waals surface area contributed by atoms with Gasteiger partial charge in [0.2, 0.25) is 5.89 Å². The molecule has 1 aromatic heterocycles. The highest BCUT2D eigenvalue weighted by Crippen LogP contribution is 2.31. The number of aliphatic hydroxyl groups is 1. The normalized spacial score (nSPS) is 20.4. The molecule has 3 N–H and O–H groups in total. The minimum Gasteiger partial charge on any atom is -0.394 e. The topological polar surface area (TPSA) is 85.2 Å². The van der Waals surface area contributed by atoms with Crippen LogP contribution >= 0.6 is 0 Å². The van der Waals surface area contributed by atoms with Crippen LogP contribution in [0.25, 0.3) is 0 Å². The van der Waals surface area contributed by atoms with Crippen molar-refractivity contribution in [2.24, 2.45) is 5.73 Å². The number of rotatable bonds is 3. The van der Waals surface area contributed by atoms with Crippen molar-refractivity contribution in [3.63, 3.8) is 0 Å². The fraction of sp³-hybridized carbons (Fsp3) is 0.800. The van der Waals surface area contributed by atoms with Gasteiger partial charge in [-0.05, 0) is 12.8 Å². The molecule has 5 nitrogen and oxygen atoms in total. The van der Waals surface area contributed by atoms with Crippen LogP contribution in [0.2, 0.25) is 0 Å². The van der Waals surface area contributed by atoms with Gasteiger partial charge in [0.1, 0.15) is 6.04 Å². The number of hydrogen-bond acceptors (Lipinski definition) is 5. The van der Waals surface area contributed by atoms with E-state index in [1.807, 2.05) is 0 Å². The molecule has 84 valence electrons. The van der Waals surface area contributed by atoms with Crippen molar-refractivity contribution in [1.29, 1.82) is 0 Å². The van der Waals surface area contributed by atoms with Gasteiger partial charge in [-0.2, -0.15) is 4.98 Å². The van der Waals surface area contributed by atoms with E-state index in [0.717, 1.165) is 18.7 Å². The molecule has 0 bridgehead atoms. The molecule has 0 saturated heterocycles. The Morgan fingerprint density at radius 3 is 2.80 bits per heavy atom. The molecule has 1 atom stereocenters. The van der Waals surface area contributed by atoms with E-state index in [1.165, 1.54) is 19.3 Å². The summed E-state index contributed by atoms with van der Waals surface area (Å²) < 4.78 is 5.02. The quantitative estimate of drug-likeness (QED) is 0.782. The maximum absolute atomic E-state index is 8.86. The molecule has 15 heavy (non-hydrogen) atoms. The minimum atomic E-state index is -0.546. The monoisotopic (exact) mass is 211 g/mol. The van der Waals surface area contributed by atoms with E-state index >= 15 is 0 Å². The zero-order valence-corrected chi connectivity index (χ0v) is 8.72. The summed E-state index contributed by atoms with van der Waals surface area (Å²) in [5.74, 6) is 1.52. The van der Waals surface area contributed by atoms with Gasteiger partial charge in [0, 0.05) is 5.92 Å². The van der Waals surface area contributed by atoms with Crippen LogP contribution in [0, 0.1) is 0 Å². The molecule has 0 spiro atoms. The number of nitrogens with two attached hydrogens (primary N) is 1. The summed E-state index contributed by atoms with van der Waals surface area (Å²) in [6.45, 7) is -0.160. The van der Waals surface area contributed by atoms with Gasteiger partial charge in [-0.3, -0.25) is 0 Å². The van der Waals surface area contributed by atoms with Crippen LogP contribution in [0.3, 0.4) is 0 Å². The SMILES string of the molecule is N[C@H](CO)c1nc(C2CCCCC2)no1. The fourth-order valence-electron chi connectivity index (χ4n) is 2.00. The lowest BCUT2D eigenvalue weighted by atomic mass is 9.89. The second-order valence-corrected chi connectivity index (χ2v) is 4.11. The first-order valence-electron chi connectivity index (χ1n) is 5.51. The van der Waals surface area contributed by atoms with E-state index in [-0.39, 0.29) is 6.61 Å². The zero-order valence-electron chi connectivity index (χ0n) is 8.72. The first-order chi connectivity index (χ1) is 7.31. The van der Waals surface area contributed by atoms with Crippen molar-refractivity contribution in [3.05, 3.63) is 11.7 Å². The molecule has 1 aromatic rings. The molecule has 1 fully saturated rings. The van der Waals surface area contributed by atoms with Crippen molar-refractivity contribution in [1.82, 2.24) is 10.1 Å². The Hall–Kier alpha value is -0.940. The molecule has 0 amide bonds. The molecular weight excluding hydrogens is 194 g/mol. The second kappa shape index (κ2) is 4.72. The van der Waals surface area contributed by atoms with Crippen molar-refractivity contribution < 1.29 is 9.63 Å². The third-order valence-corrected chi connectivity index (χ3v) is 2.94. The first kappa shape index (κ1) is 10.6. The van der Waals surface area contributed by atoms with Crippen molar-refractivity contribution in [3.8, 4) is 0 Å². The van der Waals surface area contributed by atoms with Gasteiger partial charge in [-0.25, -0.2) is 0 Å². The van der Waals surface area contributed by atoms with E-state index < -0.39 is 6.04 Å². The maximum atomic E-state index is 8.86. The molecule has 1 aliphatic carbocycles. The summed E-state index contributed by atoms with van der Waals surface area (Å²) in [6.07, 6.45) is 6.04. The van der Waals surface area contributed by atoms with Crippen LogP contribution in [-0.4, -0.2) is 21.9 Å². The highest BCUT2D eigenvalue weighted by molar-refractivity contribution is 4.99. The van der Waals surface area contributed by atoms with Crippen molar-refractivity contribution in [2.45, 2.75) is 44.1 Å². The zero-order chi connectivity index (χ0) is 10.7. The van der Waals surface area contributed by atoms with Crippen molar-refractivity contribution in [2.75, 3.05) is 6.61 Å². The Morgan fingerprint density at radius 2 is 2.13 bits per heavy atom. The highest BCUT2D eigenvalue weighted by atomic mass is 16.5. The lowest BCUT2D eigenvalue weighted by Crippen LogP contribution is -2.15. The van der Waals surface area contributed by atoms with Gasteiger partial charge in [0.05, 0.1) is 6.61 Å². The average molecular weight is 211 g/mol. The van der Waals surface area contributed by atoms with Crippen LogP contribution < -0.4 is 5.73 Å². The molecule has 1 aliphatic rings. The molecule has 1 saturated carbocycles. The van der Waals surface area contributed by atoms with Gasteiger partial charge in [-0.1, -0.05) is 24.4 Å². The molecule has 2 rings (SSSR count). The van der Waals surface area contributed by atoms with Gasteiger partial charge < -0.3 is 15.4 Å². The van der Waals surface area contributed by atoms with Gasteiger partial charge in [-0.15, -0.1) is 0 Å². The average Bonchev–Trinajstić information content (AvgIpc) is 2.78. The molecule has 0 unspecified atom stereocenters. The van der Waals surface area contributed by atoms with Crippen LogP contribution in [0.5, 0.6) is 0 Å². The highest BCUT2D eigenvalue weighted by Gasteiger charge is 2.22. The third kappa shape index (κ3) is 2.35. The summed E-state index contributed by atoms with van der Waals surface area (Å²) in [6, 6.07) is -0.546. The summed E-state index contributed by atoms with van der Waals surface area (Å²) in [7, 11) is 0. The predicted octanol–water partition coefficient (Wildman–Crippen LogP) is 1.11. The van der Waals surface area contributed by atoms with Crippen LogP contribution in [0.4, 0.5) is 0 Å². The third-order valence-electron chi connectivity index (χ3n) is 2.94. The summed E-state index contributed by atoms with van der Waals surface area (Å²) in [5.41, 5.74) is 5.59. The van der Waals surface area contributed by atoms with Crippen LogP contribution in [-0.2, 0) is 0 Å². The number of aromatic nitrogens is 2. The largest absolute Gasteiger partial charge is 0.394 e. The number of nitrogens with zero attached hydrogens (tertiary/aromatic N) is 2. The molecule has 0 aliphatic heterocycles. The Bertz CT molecular complexity index is 307. The minimum absolute atomic E-state index is 0.160. The Kier molecular flexibility index (Phi) is 3.33. The van der Waals surface area contributed by atoms with E-state index in [0.29, 0.717) is 11.8 Å². The molecule has 0 aromatic carbocycles. The van der Waals surface area contributed by atoms with E-state index in [4.69, 9.17) is 15.4 Å². The van der Waals surface area contributed by atoms with Crippen LogP contribution in [0.15, 0.2) is 4.52 Å². The van der Waals surface area contributed by atoms with Gasteiger partial charge in [0.15, 0.2) is 5.82 Å². The lowest BCUT2D eigenvalue weighted by Gasteiger charge is -2.17. The molecular formula is C10H17N3O2. The fourth-order valence-corrected chi connectivity index (χ4v) is 2.00. The van der Waals surface area contributed by atoms with Crippen LogP contribution in [0.1, 0.15) is 55.8 Å². The predicted molar refractivity (Wildman–Crippen MR) is 54.1 cm³/mol. The number of hydrogen-bond donors (Lipinski definition) is 2.